The molecule has 2 unspecified atom stereocenters. The molecule has 0 fully saturated rings. The van der Waals surface area contributed by atoms with Gasteiger partial charge in [-0.05, 0) is 49.2 Å². The molecule has 6 aromatic rings. The third kappa shape index (κ3) is 6.44. The second-order valence-electron chi connectivity index (χ2n) is 11.8. The Morgan fingerprint density at radius 3 is 2.56 bits per heavy atom. The fourth-order valence-corrected chi connectivity index (χ4v) is 5.99. The van der Waals surface area contributed by atoms with Crippen LogP contribution in [-0.4, -0.2) is 50.2 Å². The molecule has 2 N–H and O–H groups in total. The quantitative estimate of drug-likeness (QED) is 0.246. The Labute approximate surface area is 285 Å². The van der Waals surface area contributed by atoms with Crippen molar-refractivity contribution >= 4 is 23.2 Å². The normalized spacial score (nSPS) is 16.6. The Morgan fingerprint density at radius 1 is 0.960 bits per heavy atom. The van der Waals surface area contributed by atoms with E-state index in [9.17, 15) is 27.6 Å². The molecule has 0 radical (unpaired) electrons. The Morgan fingerprint density at radius 2 is 1.80 bits per heavy atom. The van der Waals surface area contributed by atoms with Gasteiger partial charge < -0.3 is 10.3 Å². The van der Waals surface area contributed by atoms with Crippen molar-refractivity contribution in [1.29, 1.82) is 0 Å². The molecule has 7 rings (SSSR count). The van der Waals surface area contributed by atoms with Gasteiger partial charge in [0.15, 0.2) is 5.69 Å². The van der Waals surface area contributed by atoms with Crippen molar-refractivity contribution < 1.29 is 18.0 Å². The first-order valence-electron chi connectivity index (χ1n) is 15.4. The predicted octanol–water partition coefficient (Wildman–Crippen LogP) is 5.45. The van der Waals surface area contributed by atoms with Crippen LogP contribution in [0.2, 0.25) is 5.02 Å². The minimum absolute atomic E-state index is 0.155. The number of aromatic amines is 1. The Balaban J connectivity index is 1.29. The minimum Gasteiger partial charge on any atom is -0.329 e. The third-order valence-corrected chi connectivity index (χ3v) is 8.63. The van der Waals surface area contributed by atoms with Crippen LogP contribution in [0.15, 0.2) is 89.2 Å². The first-order chi connectivity index (χ1) is 23.9. The molecule has 1 aromatic carbocycles. The van der Waals surface area contributed by atoms with E-state index in [1.807, 2.05) is 6.92 Å². The molecule has 6 heterocycles. The molecule has 13 nitrogen and oxygen atoms in total. The second kappa shape index (κ2) is 12.9. The number of pyridine rings is 2. The Kier molecular flexibility index (Phi) is 8.39. The molecule has 2 bridgehead atoms. The lowest BCUT2D eigenvalue weighted by Gasteiger charge is -2.22. The molecular weight excluding hydrogens is 677 g/mol. The summed E-state index contributed by atoms with van der Waals surface area (Å²) in [5.41, 5.74) is 1.17. The highest BCUT2D eigenvalue weighted by Crippen LogP contribution is 2.34. The number of hydrogen-bond acceptors (Lipinski definition) is 8. The molecular formula is C33H26ClF3N10O3. The van der Waals surface area contributed by atoms with Gasteiger partial charge in [0, 0.05) is 46.6 Å². The van der Waals surface area contributed by atoms with E-state index in [1.54, 1.807) is 30.6 Å². The maximum atomic E-state index is 13.8. The lowest BCUT2D eigenvalue weighted by atomic mass is 9.97. The van der Waals surface area contributed by atoms with Crippen LogP contribution in [0.3, 0.4) is 0 Å². The van der Waals surface area contributed by atoms with Gasteiger partial charge in [-0.3, -0.25) is 23.9 Å². The number of aromatic nitrogens is 9. The van der Waals surface area contributed by atoms with Gasteiger partial charge in [-0.25, -0.2) is 14.3 Å². The summed E-state index contributed by atoms with van der Waals surface area (Å²) in [6.07, 6.45) is 3.62. The van der Waals surface area contributed by atoms with Gasteiger partial charge in [0.25, 0.3) is 5.56 Å². The molecule has 2 atom stereocenters. The number of halogens is 4. The third-order valence-electron chi connectivity index (χ3n) is 8.39. The number of alkyl halides is 3. The number of carbonyl (C=O) groups is 1. The first-order valence-corrected chi connectivity index (χ1v) is 15.8. The number of nitrogens with one attached hydrogen (secondary N) is 2. The topological polar surface area (TPSA) is 158 Å². The molecule has 50 heavy (non-hydrogen) atoms. The zero-order chi connectivity index (χ0) is 35.2. The number of H-pyrrole nitrogens is 1. The van der Waals surface area contributed by atoms with Crippen LogP contribution in [0.25, 0.3) is 33.9 Å². The van der Waals surface area contributed by atoms with E-state index in [1.165, 1.54) is 52.1 Å². The van der Waals surface area contributed by atoms with Crippen molar-refractivity contribution in [2.75, 3.05) is 5.32 Å². The maximum Gasteiger partial charge on any atom is 0.436 e. The van der Waals surface area contributed by atoms with Gasteiger partial charge in [-0.2, -0.15) is 18.3 Å². The minimum atomic E-state index is -4.70. The molecule has 254 valence electrons. The van der Waals surface area contributed by atoms with E-state index >= 15 is 0 Å². The number of rotatable bonds is 4. The van der Waals surface area contributed by atoms with Crippen LogP contribution in [0.4, 0.5) is 18.9 Å². The van der Waals surface area contributed by atoms with Crippen molar-refractivity contribution in [1.82, 2.24) is 44.3 Å². The van der Waals surface area contributed by atoms with E-state index in [-0.39, 0.29) is 39.4 Å². The number of carbonyl (C=O) groups excluding carboxylic acids is 1. The molecule has 5 aromatic heterocycles. The summed E-state index contributed by atoms with van der Waals surface area (Å²) in [6.45, 7) is 1.81. The summed E-state index contributed by atoms with van der Waals surface area (Å²) in [4.78, 5) is 50.8. The van der Waals surface area contributed by atoms with Crippen LogP contribution in [0.5, 0.6) is 0 Å². The summed E-state index contributed by atoms with van der Waals surface area (Å²) in [6, 6.07) is 11.7. The fourth-order valence-electron chi connectivity index (χ4n) is 5.81. The van der Waals surface area contributed by atoms with E-state index < -0.39 is 23.5 Å². The molecule has 0 spiro atoms. The number of amides is 1. The first kappa shape index (κ1) is 32.6. The number of nitrogens with zero attached hydrogens (tertiary/aromatic N) is 8. The van der Waals surface area contributed by atoms with Gasteiger partial charge in [0.05, 0.1) is 53.2 Å². The summed E-state index contributed by atoms with van der Waals surface area (Å²) < 4.78 is 43.7. The fraction of sp³-hybridized carbons (Fsp3) is 0.212. The largest absolute Gasteiger partial charge is 0.436 e. The van der Waals surface area contributed by atoms with Gasteiger partial charge >= 0.3 is 6.18 Å². The van der Waals surface area contributed by atoms with Crippen LogP contribution in [0.1, 0.15) is 43.6 Å². The highest BCUT2D eigenvalue weighted by molar-refractivity contribution is 6.31. The maximum absolute atomic E-state index is 13.8. The molecule has 1 amide bonds. The lowest BCUT2D eigenvalue weighted by molar-refractivity contribution is -0.141. The number of benzene rings is 1. The van der Waals surface area contributed by atoms with Crippen molar-refractivity contribution in [3.63, 3.8) is 0 Å². The van der Waals surface area contributed by atoms with Crippen molar-refractivity contribution in [3.05, 3.63) is 117 Å². The van der Waals surface area contributed by atoms with Gasteiger partial charge in [0.1, 0.15) is 5.69 Å². The molecule has 1 aliphatic rings. The Hall–Kier alpha value is -5.90. The summed E-state index contributed by atoms with van der Waals surface area (Å²) in [5.74, 6) is -0.594. The standard InChI is InChI=1S/C33H26ClF3N10O3/c1-18-3-2-4-27(24-11-19(7-9-38-24)31-25(41-32(18)50)15-46(43-31)21-8-10-39-29(48)13-21)45-17-40-23(14-30(45)49)22-12-20(34)5-6-26(22)47-16-28(42-44-47)33(35,36)37/h5-18,27H,2-4H2,1H3,(H,39,48)(H,41,50). The van der Waals surface area contributed by atoms with Crippen molar-refractivity contribution in [2.45, 2.75) is 38.4 Å². The van der Waals surface area contributed by atoms with Crippen LogP contribution >= 0.6 is 11.6 Å². The average molecular weight is 703 g/mol. The highest BCUT2D eigenvalue weighted by atomic mass is 35.5. The molecule has 0 aliphatic carbocycles. The van der Waals surface area contributed by atoms with E-state index in [0.29, 0.717) is 47.6 Å². The molecule has 0 saturated heterocycles. The van der Waals surface area contributed by atoms with Crippen LogP contribution in [-0.2, 0) is 11.0 Å². The smallest absolute Gasteiger partial charge is 0.329 e. The number of fused-ring (bicyclic) bond motifs is 4. The zero-order valence-electron chi connectivity index (χ0n) is 26.1. The SMILES string of the molecule is CC1CCCC(n2cnc(-c3cc(Cl)ccc3-n3cc(C(F)(F)F)nn3)cc2=O)c2cc(ccn2)-c2nn(-c3cc[nH]c(=O)c3)cc2NC1=O. The van der Waals surface area contributed by atoms with E-state index in [2.05, 4.69) is 30.6 Å². The summed E-state index contributed by atoms with van der Waals surface area (Å²) in [7, 11) is 0. The zero-order valence-corrected chi connectivity index (χ0v) is 26.9. The predicted molar refractivity (Wildman–Crippen MR) is 176 cm³/mol. The van der Waals surface area contributed by atoms with E-state index in [4.69, 9.17) is 16.7 Å². The van der Waals surface area contributed by atoms with Gasteiger partial charge in [-0.1, -0.05) is 30.2 Å². The van der Waals surface area contributed by atoms with Crippen molar-refractivity contribution in [2.24, 2.45) is 5.92 Å². The second-order valence-corrected chi connectivity index (χ2v) is 12.2. The van der Waals surface area contributed by atoms with Gasteiger partial charge in [-0.15, -0.1) is 5.10 Å². The summed E-state index contributed by atoms with van der Waals surface area (Å²) >= 11 is 6.26. The average Bonchev–Trinajstić information content (AvgIpc) is 3.75. The van der Waals surface area contributed by atoms with Crippen LogP contribution in [0, 0.1) is 5.92 Å². The monoisotopic (exact) mass is 702 g/mol. The number of hydrogen-bond donors (Lipinski definition) is 2. The lowest BCUT2D eigenvalue weighted by Crippen LogP contribution is -2.27. The van der Waals surface area contributed by atoms with Gasteiger partial charge in [0.2, 0.25) is 11.5 Å². The van der Waals surface area contributed by atoms with Crippen LogP contribution < -0.4 is 16.4 Å². The molecule has 1 aliphatic heterocycles. The van der Waals surface area contributed by atoms with Crippen molar-refractivity contribution in [3.8, 4) is 33.9 Å². The molecule has 0 saturated carbocycles. The number of anilines is 1. The summed E-state index contributed by atoms with van der Waals surface area (Å²) in [5, 5.41) is 14.8. The van der Waals surface area contributed by atoms with E-state index in [0.717, 1.165) is 10.9 Å². The Bertz CT molecular complexity index is 2360. The highest BCUT2D eigenvalue weighted by Gasteiger charge is 2.35. The molecule has 17 heteroatoms.